The fraction of sp³-hybridized carbons (Fsp3) is 1.00. The molecule has 0 aliphatic heterocycles. The van der Waals surface area contributed by atoms with Crippen LogP contribution in [0.3, 0.4) is 0 Å². The molecule has 11 nitrogen and oxygen atoms in total. The molecule has 0 rings (SSSR count). The van der Waals surface area contributed by atoms with E-state index in [9.17, 15) is 0 Å². The third-order valence-electron chi connectivity index (χ3n) is 0.421. The molecule has 0 aliphatic rings. The van der Waals surface area contributed by atoms with E-state index in [1.807, 2.05) is 0 Å². The molecule has 0 atom stereocenters. The Balaban J connectivity index is -0.0000000132. The largest absolute Gasteiger partial charge is 0.400 e. The van der Waals surface area contributed by atoms with Gasteiger partial charge in [-0.25, -0.2) is 0 Å². The molecule has 150 valence electrons. The topological polar surface area (TPSA) is 223 Å². The van der Waals surface area contributed by atoms with Gasteiger partial charge in [0.2, 0.25) is 0 Å². The van der Waals surface area contributed by atoms with Crippen molar-refractivity contribution >= 4 is 0 Å². The van der Waals surface area contributed by atoms with E-state index in [2.05, 4.69) is 0 Å². The Morgan fingerprint density at radius 2 is 0.500 bits per heavy atom. The third kappa shape index (κ3) is 532. The number of hydrogen-bond donors (Lipinski definition) is 11. The highest BCUT2D eigenvalue weighted by atomic mass is 16.3. The molecule has 0 aromatic rings. The molecule has 0 aliphatic carbocycles. The lowest BCUT2D eigenvalue weighted by Crippen LogP contribution is -2.15. The highest BCUT2D eigenvalue weighted by molar-refractivity contribution is 4.43. The number of aliphatic hydroxyl groups is 11. The van der Waals surface area contributed by atoms with Gasteiger partial charge in [0.05, 0.1) is 13.2 Å². The van der Waals surface area contributed by atoms with E-state index in [1.54, 1.807) is 0 Å². The molecular formula is C11H40O11. The van der Waals surface area contributed by atoms with E-state index in [1.165, 1.54) is 0 Å². The van der Waals surface area contributed by atoms with E-state index in [4.69, 9.17) is 56.2 Å². The van der Waals surface area contributed by atoms with Crippen molar-refractivity contribution in [2.24, 2.45) is 0 Å². The van der Waals surface area contributed by atoms with Crippen LogP contribution in [0.5, 0.6) is 0 Å². The zero-order valence-corrected chi connectivity index (χ0v) is 14.9. The molecule has 0 fully saturated rings. The van der Waals surface area contributed by atoms with Crippen molar-refractivity contribution in [2.75, 3.05) is 70.1 Å². The molecule has 0 bridgehead atoms. The predicted molar refractivity (Wildman–Crippen MR) is 85.3 cm³/mol. The van der Waals surface area contributed by atoms with Gasteiger partial charge in [-0.05, 0) is 0 Å². The van der Waals surface area contributed by atoms with Gasteiger partial charge < -0.3 is 56.2 Å². The van der Waals surface area contributed by atoms with Crippen LogP contribution < -0.4 is 0 Å². The molecule has 11 N–H and O–H groups in total. The fourth-order valence-corrected chi connectivity index (χ4v) is 0.0577. The molecule has 0 saturated heterocycles. The smallest absolute Gasteiger partial charge is 0.100 e. The molecule has 0 spiro atoms. The van der Waals surface area contributed by atoms with Crippen molar-refractivity contribution in [1.82, 2.24) is 0 Å². The summed E-state index contributed by atoms with van der Waals surface area (Å²) in [6, 6.07) is 0. The van der Waals surface area contributed by atoms with Crippen LogP contribution in [0.15, 0.2) is 0 Å². The Hall–Kier alpha value is -0.440. The Morgan fingerprint density at radius 3 is 0.500 bits per heavy atom. The first-order chi connectivity index (χ1) is 10.8. The van der Waals surface area contributed by atoms with Gasteiger partial charge in [0.1, 0.15) is 6.10 Å². The van der Waals surface area contributed by atoms with Gasteiger partial charge >= 0.3 is 0 Å². The summed E-state index contributed by atoms with van der Waals surface area (Å²) in [5, 5.41) is 80.0. The molecule has 0 amide bonds. The molecule has 0 aromatic heterocycles. The van der Waals surface area contributed by atoms with E-state index in [0.717, 1.165) is 56.9 Å². The minimum absolute atomic E-state index is 0.365. The van der Waals surface area contributed by atoms with Gasteiger partial charge in [0.15, 0.2) is 0 Å². The van der Waals surface area contributed by atoms with Gasteiger partial charge in [-0.15, -0.1) is 0 Å². The molecule has 0 aromatic carbocycles. The van der Waals surface area contributed by atoms with Gasteiger partial charge in [0, 0.05) is 56.9 Å². The van der Waals surface area contributed by atoms with Crippen LogP contribution in [0, 0.1) is 0 Å². The first kappa shape index (κ1) is 57.8. The molecule has 0 unspecified atom stereocenters. The average Bonchev–Trinajstić information content (AvgIpc) is 2.73. The van der Waals surface area contributed by atoms with E-state index in [0.29, 0.717) is 0 Å². The molecular weight excluding hydrogens is 308 g/mol. The molecule has 11 heteroatoms. The van der Waals surface area contributed by atoms with Crippen LogP contribution in [-0.2, 0) is 0 Å². The summed E-state index contributed by atoms with van der Waals surface area (Å²) in [5.41, 5.74) is 0. The number of aliphatic hydroxyl groups excluding tert-OH is 11. The minimum Gasteiger partial charge on any atom is -0.400 e. The maximum absolute atomic E-state index is 8.17. The molecule has 0 heterocycles. The quantitative estimate of drug-likeness (QED) is 0.227. The third-order valence-corrected chi connectivity index (χ3v) is 0.421. The van der Waals surface area contributed by atoms with Crippen molar-refractivity contribution in [1.29, 1.82) is 0 Å². The monoisotopic (exact) mass is 348 g/mol. The van der Waals surface area contributed by atoms with Crippen LogP contribution in [0.1, 0.15) is 0 Å². The van der Waals surface area contributed by atoms with E-state index < -0.39 is 6.10 Å². The van der Waals surface area contributed by atoms with Crippen molar-refractivity contribution in [3.8, 4) is 0 Å². The van der Waals surface area contributed by atoms with Crippen molar-refractivity contribution in [3.63, 3.8) is 0 Å². The highest BCUT2D eigenvalue weighted by Gasteiger charge is 1.93. The van der Waals surface area contributed by atoms with Crippen LogP contribution in [0.4, 0.5) is 0 Å². The van der Waals surface area contributed by atoms with E-state index >= 15 is 0 Å². The second-order valence-electron chi connectivity index (χ2n) is 1.02. The summed E-state index contributed by atoms with van der Waals surface area (Å²) in [6.45, 7) is -0.729. The highest BCUT2D eigenvalue weighted by Crippen LogP contribution is 1.71. The van der Waals surface area contributed by atoms with E-state index in [-0.39, 0.29) is 13.2 Å². The number of rotatable bonds is 2. The molecule has 22 heavy (non-hydrogen) atoms. The SMILES string of the molecule is CO.CO.CO.CO.CO.CO.CO.CO.OCC(O)CO. The summed E-state index contributed by atoms with van der Waals surface area (Å²) >= 11 is 0. The van der Waals surface area contributed by atoms with Crippen molar-refractivity contribution in [3.05, 3.63) is 0 Å². The van der Waals surface area contributed by atoms with Crippen LogP contribution in [0.2, 0.25) is 0 Å². The summed E-state index contributed by atoms with van der Waals surface area (Å²) in [6.07, 6.45) is -0.954. The summed E-state index contributed by atoms with van der Waals surface area (Å²) in [4.78, 5) is 0. The Morgan fingerprint density at radius 1 is 0.409 bits per heavy atom. The normalized spacial score (nSPS) is 4.91. The van der Waals surface area contributed by atoms with Crippen LogP contribution in [-0.4, -0.2) is 132 Å². The van der Waals surface area contributed by atoms with Crippen molar-refractivity contribution in [2.45, 2.75) is 6.10 Å². The summed E-state index contributed by atoms with van der Waals surface area (Å²) < 4.78 is 0. The zero-order chi connectivity index (χ0) is 21.0. The van der Waals surface area contributed by atoms with Gasteiger partial charge in [0.25, 0.3) is 0 Å². The van der Waals surface area contributed by atoms with Gasteiger partial charge in [-0.2, -0.15) is 0 Å². The maximum Gasteiger partial charge on any atom is 0.100 e. The Labute approximate surface area is 133 Å². The molecule has 0 radical (unpaired) electrons. The average molecular weight is 348 g/mol. The number of hydrogen-bond acceptors (Lipinski definition) is 11. The fourth-order valence-electron chi connectivity index (χ4n) is 0.0577. The Kier molecular flexibility index (Phi) is 993. The Bertz CT molecular complexity index is 41.2. The standard InChI is InChI=1S/C3H8O3.8CH4O/c4-1-3(6)2-5;8*1-2/h3-6H,1-2H2;8*2H,1H3. The first-order valence-corrected chi connectivity index (χ1v) is 5.28. The van der Waals surface area contributed by atoms with Crippen molar-refractivity contribution < 1.29 is 56.2 Å². The van der Waals surface area contributed by atoms with Crippen LogP contribution in [0.25, 0.3) is 0 Å². The minimum atomic E-state index is -0.954. The lowest BCUT2D eigenvalue weighted by atomic mass is 10.4. The zero-order valence-electron chi connectivity index (χ0n) is 14.9. The summed E-state index contributed by atoms with van der Waals surface area (Å²) in [7, 11) is 8.00. The lowest BCUT2D eigenvalue weighted by Gasteiger charge is -1.96. The molecule has 0 saturated carbocycles. The lowest BCUT2D eigenvalue weighted by molar-refractivity contribution is 0.0450. The second-order valence-corrected chi connectivity index (χ2v) is 1.02. The van der Waals surface area contributed by atoms with Gasteiger partial charge in [-0.3, -0.25) is 0 Å². The summed E-state index contributed by atoms with van der Waals surface area (Å²) in [5.74, 6) is 0. The van der Waals surface area contributed by atoms with Gasteiger partial charge in [-0.1, -0.05) is 0 Å². The maximum atomic E-state index is 8.17. The first-order valence-electron chi connectivity index (χ1n) is 5.28. The predicted octanol–water partition coefficient (Wildman–Crippen LogP) is -4.80. The van der Waals surface area contributed by atoms with Crippen LogP contribution >= 0.6 is 0 Å². The second kappa shape index (κ2) is 378.